The first-order valence-electron chi connectivity index (χ1n) is 11.4. The van der Waals surface area contributed by atoms with E-state index >= 15 is 0 Å². The molecular weight excluding hydrogens is 398 g/mol. The normalized spacial score (nSPS) is 20.3. The van der Waals surface area contributed by atoms with Gasteiger partial charge in [0.2, 0.25) is 0 Å². The van der Waals surface area contributed by atoms with Crippen LogP contribution >= 0.6 is 0 Å². The molecule has 2 aromatic heterocycles. The molecule has 0 saturated carbocycles. The van der Waals surface area contributed by atoms with Crippen molar-refractivity contribution >= 4 is 16.4 Å². The predicted octanol–water partition coefficient (Wildman–Crippen LogP) is 4.12. The highest BCUT2D eigenvalue weighted by Crippen LogP contribution is 2.45. The van der Waals surface area contributed by atoms with E-state index < -0.39 is 0 Å². The molecule has 0 spiro atoms. The van der Waals surface area contributed by atoms with Crippen LogP contribution in [0.3, 0.4) is 0 Å². The van der Waals surface area contributed by atoms with Crippen LogP contribution in [0, 0.1) is 19.8 Å². The molecule has 5 heteroatoms. The van der Waals surface area contributed by atoms with Crippen LogP contribution in [0.5, 0.6) is 5.75 Å². The Hall–Kier alpha value is -3.18. The fourth-order valence-electron chi connectivity index (χ4n) is 5.57. The van der Waals surface area contributed by atoms with Gasteiger partial charge >= 0.3 is 0 Å². The fourth-order valence-corrected chi connectivity index (χ4v) is 5.57. The van der Waals surface area contributed by atoms with Crippen LogP contribution in [0.1, 0.15) is 28.3 Å². The van der Waals surface area contributed by atoms with Crippen LogP contribution in [0.2, 0.25) is 0 Å². The zero-order chi connectivity index (χ0) is 21.8. The number of fused-ring (bicyclic) bond motifs is 6. The monoisotopic (exact) mass is 425 g/mol. The number of rotatable bonds is 3. The molecule has 4 aromatic rings. The molecule has 0 bridgehead atoms. The van der Waals surface area contributed by atoms with Crippen LogP contribution in [0.4, 0.5) is 0 Å². The maximum atomic E-state index is 13.2. The standard InChI is InChI=1S/C27H27N3O2/c1-17-7-10-25-28-18(2)21(27(31)30(25)13-17)11-12-29-14-20-16-32-24-9-8-19-5-3-4-6-22(19)26(24)23(20)15-29/h3-10,13,20,23H,11-12,14-16H2,1-2H3/t20-,23-/m0/s1. The lowest BCUT2D eigenvalue weighted by molar-refractivity contribution is 0.214. The van der Waals surface area contributed by atoms with Crippen molar-refractivity contribution in [3.8, 4) is 5.75 Å². The maximum absolute atomic E-state index is 13.2. The Morgan fingerprint density at radius 3 is 2.84 bits per heavy atom. The van der Waals surface area contributed by atoms with Crippen LogP contribution in [0.25, 0.3) is 16.4 Å². The number of ether oxygens (including phenoxy) is 1. The lowest BCUT2D eigenvalue weighted by Gasteiger charge is -2.29. The Kier molecular flexibility index (Phi) is 4.54. The molecule has 162 valence electrons. The van der Waals surface area contributed by atoms with Crippen LogP contribution in [-0.2, 0) is 6.42 Å². The van der Waals surface area contributed by atoms with Crippen LogP contribution < -0.4 is 10.3 Å². The minimum Gasteiger partial charge on any atom is -0.493 e. The van der Waals surface area contributed by atoms with Crippen LogP contribution in [-0.4, -0.2) is 40.5 Å². The number of likely N-dealkylation sites (tertiary alicyclic amines) is 1. The van der Waals surface area contributed by atoms with Gasteiger partial charge in [-0.3, -0.25) is 9.20 Å². The number of hydrogen-bond donors (Lipinski definition) is 0. The maximum Gasteiger partial charge on any atom is 0.261 e. The molecule has 5 nitrogen and oxygen atoms in total. The average Bonchev–Trinajstić information content (AvgIpc) is 3.22. The quantitative estimate of drug-likeness (QED) is 0.496. The highest BCUT2D eigenvalue weighted by atomic mass is 16.5. The molecule has 0 radical (unpaired) electrons. The van der Waals surface area contributed by atoms with Gasteiger partial charge in [0.05, 0.1) is 6.61 Å². The molecule has 0 N–H and O–H groups in total. The molecule has 0 aliphatic carbocycles. The molecule has 2 atom stereocenters. The molecule has 1 fully saturated rings. The minimum atomic E-state index is 0.0625. The second kappa shape index (κ2) is 7.45. The third-order valence-electron chi connectivity index (χ3n) is 7.22. The lowest BCUT2D eigenvalue weighted by atomic mass is 9.84. The van der Waals surface area contributed by atoms with E-state index in [0.29, 0.717) is 11.8 Å². The summed E-state index contributed by atoms with van der Waals surface area (Å²) in [6.45, 7) is 7.61. The van der Waals surface area contributed by atoms with Gasteiger partial charge in [0.1, 0.15) is 11.4 Å². The van der Waals surface area contributed by atoms with Crippen molar-refractivity contribution in [3.05, 3.63) is 87.5 Å². The smallest absolute Gasteiger partial charge is 0.261 e. The summed E-state index contributed by atoms with van der Waals surface area (Å²) in [5.41, 5.74) is 4.87. The topological polar surface area (TPSA) is 46.8 Å². The average molecular weight is 426 g/mol. The first-order valence-corrected chi connectivity index (χ1v) is 11.4. The van der Waals surface area contributed by atoms with Crippen molar-refractivity contribution in [2.24, 2.45) is 5.92 Å². The second-order valence-electron chi connectivity index (χ2n) is 9.30. The van der Waals surface area contributed by atoms with Gasteiger partial charge in [0.15, 0.2) is 0 Å². The van der Waals surface area contributed by atoms with E-state index in [0.717, 1.165) is 60.9 Å². The Morgan fingerprint density at radius 1 is 1.06 bits per heavy atom. The van der Waals surface area contributed by atoms with Gasteiger partial charge in [0, 0.05) is 54.5 Å². The van der Waals surface area contributed by atoms with Gasteiger partial charge in [-0.15, -0.1) is 0 Å². The number of aromatic nitrogens is 2. The Balaban J connectivity index is 1.27. The van der Waals surface area contributed by atoms with E-state index in [1.807, 2.05) is 32.2 Å². The van der Waals surface area contributed by atoms with Crippen molar-refractivity contribution in [3.63, 3.8) is 0 Å². The van der Waals surface area contributed by atoms with Gasteiger partial charge in [0.25, 0.3) is 5.56 Å². The van der Waals surface area contributed by atoms with Gasteiger partial charge in [-0.1, -0.05) is 36.4 Å². The SMILES string of the molecule is Cc1ccc2nc(C)c(CCN3C[C@H]4COc5ccc6ccccc6c5[C@H]4C3)c(=O)n2c1. The summed E-state index contributed by atoms with van der Waals surface area (Å²) in [4.78, 5) is 20.3. The third kappa shape index (κ3) is 3.11. The first kappa shape index (κ1) is 19.5. The predicted molar refractivity (Wildman–Crippen MR) is 127 cm³/mol. The van der Waals surface area contributed by atoms with Gasteiger partial charge in [-0.2, -0.15) is 0 Å². The number of hydrogen-bond acceptors (Lipinski definition) is 4. The summed E-state index contributed by atoms with van der Waals surface area (Å²) in [6.07, 6.45) is 2.61. The summed E-state index contributed by atoms with van der Waals surface area (Å²) in [5.74, 6) is 2.01. The summed E-state index contributed by atoms with van der Waals surface area (Å²) >= 11 is 0. The van der Waals surface area contributed by atoms with E-state index in [1.165, 1.54) is 16.3 Å². The van der Waals surface area contributed by atoms with E-state index in [-0.39, 0.29) is 5.56 Å². The molecule has 0 amide bonds. The van der Waals surface area contributed by atoms with Crippen LogP contribution in [0.15, 0.2) is 59.5 Å². The van der Waals surface area contributed by atoms with E-state index in [1.54, 1.807) is 4.40 Å². The Bertz CT molecular complexity index is 1410. The summed E-state index contributed by atoms with van der Waals surface area (Å²) < 4.78 is 7.86. The van der Waals surface area contributed by atoms with E-state index in [2.05, 4.69) is 46.3 Å². The van der Waals surface area contributed by atoms with Gasteiger partial charge in [-0.05, 0) is 48.7 Å². The van der Waals surface area contributed by atoms with E-state index in [4.69, 9.17) is 4.74 Å². The highest BCUT2D eigenvalue weighted by molar-refractivity contribution is 5.88. The number of pyridine rings is 1. The molecule has 0 unspecified atom stereocenters. The third-order valence-corrected chi connectivity index (χ3v) is 7.22. The highest BCUT2D eigenvalue weighted by Gasteiger charge is 2.39. The lowest BCUT2D eigenvalue weighted by Crippen LogP contribution is -2.28. The molecule has 2 aliphatic rings. The fraction of sp³-hybridized carbons (Fsp3) is 0.333. The molecule has 1 saturated heterocycles. The molecule has 4 heterocycles. The minimum absolute atomic E-state index is 0.0625. The summed E-state index contributed by atoms with van der Waals surface area (Å²) in [5, 5.41) is 2.58. The summed E-state index contributed by atoms with van der Waals surface area (Å²) in [6, 6.07) is 16.8. The van der Waals surface area contributed by atoms with Crippen molar-refractivity contribution in [1.29, 1.82) is 0 Å². The Morgan fingerprint density at radius 2 is 1.94 bits per heavy atom. The number of aryl methyl sites for hydroxylation is 2. The zero-order valence-corrected chi connectivity index (χ0v) is 18.5. The second-order valence-corrected chi connectivity index (χ2v) is 9.30. The Labute approximate surface area is 187 Å². The molecule has 2 aromatic carbocycles. The molecule has 2 aliphatic heterocycles. The summed E-state index contributed by atoms with van der Waals surface area (Å²) in [7, 11) is 0. The molecule has 32 heavy (non-hydrogen) atoms. The molecule has 6 rings (SSSR count). The first-order chi connectivity index (χ1) is 15.6. The number of benzene rings is 2. The molecular formula is C27H27N3O2. The van der Waals surface area contributed by atoms with Gasteiger partial charge in [-0.25, -0.2) is 4.98 Å². The van der Waals surface area contributed by atoms with Crippen molar-refractivity contribution in [1.82, 2.24) is 14.3 Å². The number of nitrogens with zero attached hydrogens (tertiary/aromatic N) is 3. The van der Waals surface area contributed by atoms with E-state index in [9.17, 15) is 4.79 Å². The zero-order valence-electron chi connectivity index (χ0n) is 18.5. The van der Waals surface area contributed by atoms with Crippen molar-refractivity contribution in [2.75, 3.05) is 26.2 Å². The van der Waals surface area contributed by atoms with Crippen molar-refractivity contribution in [2.45, 2.75) is 26.2 Å². The van der Waals surface area contributed by atoms with Gasteiger partial charge < -0.3 is 9.64 Å². The van der Waals surface area contributed by atoms with Crippen molar-refractivity contribution < 1.29 is 4.74 Å². The largest absolute Gasteiger partial charge is 0.493 e.